The molecule has 22 heteroatoms. The van der Waals surface area contributed by atoms with Crippen molar-refractivity contribution in [2.75, 3.05) is 51.2 Å². The summed E-state index contributed by atoms with van der Waals surface area (Å²) in [7, 11) is -15.8. The number of hydrogen-bond donors (Lipinski definition) is 5. The number of rotatable bonds is 23. The molecule has 1 atom stereocenters. The second kappa shape index (κ2) is 21.5. The fourth-order valence-corrected chi connectivity index (χ4v) is 12.3. The van der Waals surface area contributed by atoms with Crippen LogP contribution < -0.4 is 4.90 Å². The number of methoxy groups -OCH3 is 2. The molecule has 4 aromatic rings. The van der Waals surface area contributed by atoms with Gasteiger partial charge < -0.3 is 19.5 Å². The number of anilines is 1. The summed E-state index contributed by atoms with van der Waals surface area (Å²) in [6, 6.07) is 11.6. The molecule has 0 aromatic heterocycles. The first kappa shape index (κ1) is 55.2. The van der Waals surface area contributed by atoms with Gasteiger partial charge in [0.05, 0.1) is 34.2 Å². The lowest BCUT2D eigenvalue weighted by atomic mass is 9.75. The van der Waals surface area contributed by atoms with Gasteiger partial charge in [0, 0.05) is 73.5 Å². The van der Waals surface area contributed by atoms with E-state index in [4.69, 9.17) is 9.47 Å². The predicted molar refractivity (Wildman–Crippen MR) is 270 cm³/mol. The van der Waals surface area contributed by atoms with Gasteiger partial charge in [-0.05, 0) is 123 Å². The van der Waals surface area contributed by atoms with E-state index < -0.39 is 72.8 Å². The summed E-state index contributed by atoms with van der Waals surface area (Å²) in [4.78, 5) is 11.5. The van der Waals surface area contributed by atoms with E-state index in [2.05, 4.69) is 0 Å². The quantitative estimate of drug-likeness (QED) is 0.0207. The number of benzene rings is 4. The maximum atomic E-state index is 12.7. The van der Waals surface area contributed by atoms with Crippen molar-refractivity contribution < 1.29 is 75.8 Å². The molecule has 0 bridgehead atoms. The molecule has 1 unspecified atom stereocenters. The average molecular weight is 1060 g/mol. The minimum Gasteiger partial charge on any atom is -0.481 e. The van der Waals surface area contributed by atoms with Gasteiger partial charge in [-0.3, -0.25) is 23.0 Å². The lowest BCUT2D eigenvalue weighted by Gasteiger charge is -2.31. The van der Waals surface area contributed by atoms with Crippen LogP contribution in [0.2, 0.25) is 0 Å². The van der Waals surface area contributed by atoms with Gasteiger partial charge in [-0.1, -0.05) is 36.4 Å². The van der Waals surface area contributed by atoms with Crippen LogP contribution in [0.3, 0.4) is 0 Å². The maximum Gasteiger partial charge on any atom is 0.303 e. The van der Waals surface area contributed by atoms with Gasteiger partial charge >= 0.3 is 5.97 Å². The lowest BCUT2D eigenvalue weighted by molar-refractivity contribution is -0.438. The van der Waals surface area contributed by atoms with Gasteiger partial charge in [0.15, 0.2) is 5.71 Å². The highest BCUT2D eigenvalue weighted by molar-refractivity contribution is 7.87. The fraction of sp³-hybridized carbons (Fsp3) is 0.388. The Balaban J connectivity index is 1.42. The second-order valence-electron chi connectivity index (χ2n) is 18.2. The molecular weight excluding hydrogens is 1000 g/mol. The smallest absolute Gasteiger partial charge is 0.303 e. The minimum absolute atomic E-state index is 0.00857. The zero-order valence-electron chi connectivity index (χ0n) is 39.9. The van der Waals surface area contributed by atoms with Crippen molar-refractivity contribution in [3.05, 3.63) is 113 Å². The standard InChI is InChI=1S/C49H58N2O16S4/c1-48(2)43(50(24-13-9-12-17-45(52)53)40-21-19-37-39(46(40)48)31-35(70(60,61)62)32-42(37)71(63,64)65)15-10-7-6-8-11-16-44-49(3,23-14-28-68(54,55)56)47-38-30-34(69(57,58)59)29-33(22-26-66-4)36(38)18-20-41(47)51(44)25-27-67-5/h6-8,10-11,15-16,18-21,29-32H,9,12-14,17,22-28H2,1-5H3,(H4-,52,53,54,55,56,57,58,59,60,61,62,63,64,65)/p+1. The first-order valence-corrected chi connectivity index (χ1v) is 28.5. The van der Waals surface area contributed by atoms with Crippen molar-refractivity contribution in [1.29, 1.82) is 0 Å². The third-order valence-electron chi connectivity index (χ3n) is 13.0. The Kier molecular flexibility index (Phi) is 16.7. The SMILES string of the molecule is COCCc1cc(S(=O)(=O)O)cc2c3c(ccc12)N(CCOC)C(=CC=CC=CC=CC1=[N+](CCCCCC(=O)O)c2ccc4c(S(=O)(=O)O)cc(S(=O)(=O)O)cc4c2C1(C)C)C3(C)CCCS(=O)(=O)O. The number of fused-ring (bicyclic) bond motifs is 6. The molecule has 384 valence electrons. The van der Waals surface area contributed by atoms with Gasteiger partial charge in [0.2, 0.25) is 5.69 Å². The van der Waals surface area contributed by atoms with Crippen molar-refractivity contribution >= 4 is 85.1 Å². The molecule has 0 aliphatic carbocycles. The van der Waals surface area contributed by atoms with E-state index in [1.54, 1.807) is 43.6 Å². The molecule has 71 heavy (non-hydrogen) atoms. The number of carboxylic acid groups (broad SMARTS) is 1. The van der Waals surface area contributed by atoms with Gasteiger partial charge in [-0.15, -0.1) is 0 Å². The molecule has 0 saturated carbocycles. The topological polar surface area (TPSA) is 279 Å². The van der Waals surface area contributed by atoms with E-state index in [1.807, 2.05) is 54.5 Å². The van der Waals surface area contributed by atoms with E-state index in [0.717, 1.165) is 16.8 Å². The van der Waals surface area contributed by atoms with E-state index in [9.17, 15) is 61.8 Å². The average Bonchev–Trinajstić information content (AvgIpc) is 3.64. The summed E-state index contributed by atoms with van der Waals surface area (Å²) in [5.74, 6) is -1.44. The Hall–Kier alpha value is -5.14. The molecule has 0 fully saturated rings. The summed E-state index contributed by atoms with van der Waals surface area (Å²) < 4.78 is 152. The van der Waals surface area contributed by atoms with Crippen LogP contribution in [0.15, 0.2) is 111 Å². The fourth-order valence-electron chi connectivity index (χ4n) is 9.91. The van der Waals surface area contributed by atoms with Crippen molar-refractivity contribution in [1.82, 2.24) is 0 Å². The summed E-state index contributed by atoms with van der Waals surface area (Å²) in [5.41, 5.74) is 2.75. The molecule has 2 aliphatic heterocycles. The van der Waals surface area contributed by atoms with Crippen molar-refractivity contribution in [3.63, 3.8) is 0 Å². The summed E-state index contributed by atoms with van der Waals surface area (Å²) >= 11 is 0. The van der Waals surface area contributed by atoms with Crippen molar-refractivity contribution in [2.24, 2.45) is 0 Å². The van der Waals surface area contributed by atoms with Crippen LogP contribution in [0.4, 0.5) is 11.4 Å². The number of carbonyl (C=O) groups is 1. The Bertz CT molecular complexity index is 3380. The van der Waals surface area contributed by atoms with Gasteiger partial charge in [-0.25, -0.2) is 0 Å². The number of allylic oxidation sites excluding steroid dienone is 8. The molecule has 0 saturated heterocycles. The monoisotopic (exact) mass is 1060 g/mol. The molecule has 0 spiro atoms. The molecule has 0 amide bonds. The molecule has 5 N–H and O–H groups in total. The highest BCUT2D eigenvalue weighted by atomic mass is 32.2. The van der Waals surface area contributed by atoms with Crippen LogP contribution in [0, 0.1) is 0 Å². The van der Waals surface area contributed by atoms with E-state index in [-0.39, 0.29) is 48.1 Å². The van der Waals surface area contributed by atoms with Crippen LogP contribution >= 0.6 is 0 Å². The molecule has 0 radical (unpaired) electrons. The molecular formula is C49H59N2O16S4+. The van der Waals surface area contributed by atoms with Crippen LogP contribution in [0.1, 0.15) is 76.0 Å². The first-order chi connectivity index (χ1) is 33.1. The van der Waals surface area contributed by atoms with E-state index >= 15 is 0 Å². The van der Waals surface area contributed by atoms with Crippen molar-refractivity contribution in [2.45, 2.75) is 91.2 Å². The van der Waals surface area contributed by atoms with Gasteiger partial charge in [-0.2, -0.15) is 38.2 Å². The third kappa shape index (κ3) is 12.2. The number of hydrogen-bond acceptors (Lipinski definition) is 12. The molecule has 18 nitrogen and oxygen atoms in total. The highest BCUT2D eigenvalue weighted by Gasteiger charge is 2.47. The highest BCUT2D eigenvalue weighted by Crippen LogP contribution is 2.54. The zero-order chi connectivity index (χ0) is 52.3. The number of unbranched alkanes of at least 4 members (excludes halogenated alkanes) is 2. The normalized spacial score (nSPS) is 18.1. The largest absolute Gasteiger partial charge is 0.481 e. The van der Waals surface area contributed by atoms with Crippen molar-refractivity contribution in [3.8, 4) is 0 Å². The van der Waals surface area contributed by atoms with Crippen LogP contribution in [0.25, 0.3) is 21.5 Å². The minimum atomic E-state index is -4.96. The summed E-state index contributed by atoms with van der Waals surface area (Å²) in [5, 5.41) is 10.7. The Labute approximate surface area is 414 Å². The third-order valence-corrected chi connectivity index (χ3v) is 16.4. The second-order valence-corrected chi connectivity index (χ2v) is 24.0. The van der Waals surface area contributed by atoms with E-state index in [1.165, 1.54) is 31.4 Å². The van der Waals surface area contributed by atoms with Gasteiger partial charge in [0.1, 0.15) is 11.4 Å². The van der Waals surface area contributed by atoms with Gasteiger partial charge in [0.25, 0.3) is 40.5 Å². The number of nitrogens with zero attached hydrogens (tertiary/aromatic N) is 2. The summed E-state index contributed by atoms with van der Waals surface area (Å²) in [6.07, 6.45) is 14.7. The number of aliphatic carboxylic acids is 1. The molecule has 2 heterocycles. The Morgan fingerprint density at radius 1 is 0.690 bits per heavy atom. The van der Waals surface area contributed by atoms with Crippen LogP contribution in [-0.4, -0.2) is 120 Å². The lowest BCUT2D eigenvalue weighted by Crippen LogP contribution is -2.31. The van der Waals surface area contributed by atoms with E-state index in [0.29, 0.717) is 78.3 Å². The Morgan fingerprint density at radius 2 is 1.31 bits per heavy atom. The number of ether oxygens (including phenoxy) is 2. The summed E-state index contributed by atoms with van der Waals surface area (Å²) in [6.45, 7) is 6.97. The maximum absolute atomic E-state index is 12.7. The zero-order valence-corrected chi connectivity index (χ0v) is 43.2. The Morgan fingerprint density at radius 3 is 1.93 bits per heavy atom. The number of carboxylic acids is 1. The van der Waals surface area contributed by atoms with Crippen LogP contribution in [-0.2, 0) is 72.0 Å². The first-order valence-electron chi connectivity index (χ1n) is 22.6. The van der Waals surface area contributed by atoms with Crippen LogP contribution in [0.5, 0.6) is 0 Å². The predicted octanol–water partition coefficient (Wildman–Crippen LogP) is 7.59. The molecule has 4 aromatic carbocycles. The molecule has 2 aliphatic rings. The molecule has 6 rings (SSSR count).